The van der Waals surface area contributed by atoms with Gasteiger partial charge in [-0.05, 0) is 40.6 Å². The molecule has 3 N–H and O–H groups in total. The van der Waals surface area contributed by atoms with Crippen molar-refractivity contribution in [3.63, 3.8) is 0 Å². The zero-order valence-corrected chi connectivity index (χ0v) is 16.1. The molecule has 2 aromatic carbocycles. The van der Waals surface area contributed by atoms with E-state index in [0.717, 1.165) is 21.1 Å². The highest BCUT2D eigenvalue weighted by molar-refractivity contribution is 9.10. The van der Waals surface area contributed by atoms with E-state index in [4.69, 9.17) is 4.63 Å². The first-order valence-electron chi connectivity index (χ1n) is 8.42. The second-order valence-electron chi connectivity index (χ2n) is 6.01. The molecule has 0 radical (unpaired) electrons. The van der Waals surface area contributed by atoms with Crippen molar-refractivity contribution < 1.29 is 9.74 Å². The number of aromatic nitrogens is 5. The third-order valence-corrected chi connectivity index (χ3v) is 4.64. The minimum atomic E-state index is -0.0884. The SMILES string of the molecule is Oc1[nH]c2ccccc2c1N=Nc1nc2nonc2nc1Nc1ccc(Br)cc1. The molecule has 0 aliphatic heterocycles. The van der Waals surface area contributed by atoms with Crippen molar-refractivity contribution in [2.24, 2.45) is 10.2 Å². The molecule has 0 atom stereocenters. The number of azo groups is 1. The Bertz CT molecular complexity index is 1360. The number of hydrogen-bond acceptors (Lipinski definition) is 9. The number of halogens is 1. The van der Waals surface area contributed by atoms with Gasteiger partial charge in [-0.1, -0.05) is 34.1 Å². The van der Waals surface area contributed by atoms with Crippen LogP contribution in [-0.2, 0) is 0 Å². The average Bonchev–Trinajstić information content (AvgIpc) is 3.30. The molecule has 0 aliphatic carbocycles. The first-order chi connectivity index (χ1) is 14.2. The Hall–Kier alpha value is -3.86. The first-order valence-corrected chi connectivity index (χ1v) is 9.21. The van der Waals surface area contributed by atoms with Crippen molar-refractivity contribution in [3.05, 3.63) is 53.0 Å². The van der Waals surface area contributed by atoms with Crippen LogP contribution >= 0.6 is 15.9 Å². The molecule has 10 nitrogen and oxygen atoms in total. The minimum Gasteiger partial charge on any atom is -0.493 e. The molecule has 5 rings (SSSR count). The standard InChI is InChI=1S/C18H11BrN8O2/c19-9-5-7-10(8-6-9)20-14-15(23-17-16(22-14)26-29-27-17)25-24-13-11-3-1-2-4-12(11)21-18(13)28/h1-8,21,28H,(H,20,22,26). The number of aromatic amines is 1. The van der Waals surface area contributed by atoms with Gasteiger partial charge in [-0.25, -0.2) is 9.61 Å². The molecule has 5 aromatic rings. The lowest BCUT2D eigenvalue weighted by molar-refractivity contribution is 0.314. The second-order valence-corrected chi connectivity index (χ2v) is 6.92. The van der Waals surface area contributed by atoms with E-state index in [1.54, 1.807) is 0 Å². The Morgan fingerprint density at radius 1 is 0.966 bits per heavy atom. The number of aromatic hydroxyl groups is 1. The monoisotopic (exact) mass is 450 g/mol. The molecule has 0 unspecified atom stereocenters. The third kappa shape index (κ3) is 3.27. The van der Waals surface area contributed by atoms with Crippen molar-refractivity contribution in [2.75, 3.05) is 5.32 Å². The van der Waals surface area contributed by atoms with E-state index in [1.165, 1.54) is 0 Å². The van der Waals surface area contributed by atoms with Gasteiger partial charge in [-0.2, -0.15) is 4.98 Å². The summed E-state index contributed by atoms with van der Waals surface area (Å²) in [6, 6.07) is 14.9. The molecule has 11 heteroatoms. The highest BCUT2D eigenvalue weighted by Crippen LogP contribution is 2.37. The van der Waals surface area contributed by atoms with Crippen LogP contribution in [0.15, 0.2) is 67.9 Å². The summed E-state index contributed by atoms with van der Waals surface area (Å²) in [6.45, 7) is 0. The molecule has 0 aliphatic rings. The average molecular weight is 451 g/mol. The number of para-hydroxylation sites is 1. The number of rotatable bonds is 4. The smallest absolute Gasteiger partial charge is 0.245 e. The maximum absolute atomic E-state index is 10.2. The lowest BCUT2D eigenvalue weighted by atomic mass is 10.2. The van der Waals surface area contributed by atoms with Crippen LogP contribution in [0, 0.1) is 0 Å². The van der Waals surface area contributed by atoms with Crippen molar-refractivity contribution in [3.8, 4) is 5.88 Å². The molecule has 0 saturated heterocycles. The van der Waals surface area contributed by atoms with Crippen LogP contribution in [0.1, 0.15) is 0 Å². The van der Waals surface area contributed by atoms with Gasteiger partial charge in [0.2, 0.25) is 23.0 Å². The van der Waals surface area contributed by atoms with E-state index in [1.807, 2.05) is 48.5 Å². The highest BCUT2D eigenvalue weighted by Gasteiger charge is 2.14. The summed E-state index contributed by atoms with van der Waals surface area (Å²) in [5.74, 6) is 0.397. The van der Waals surface area contributed by atoms with Crippen LogP contribution in [0.4, 0.5) is 23.0 Å². The lowest BCUT2D eigenvalue weighted by Crippen LogP contribution is -1.96. The van der Waals surface area contributed by atoms with Gasteiger partial charge >= 0.3 is 0 Å². The molecule has 0 fully saturated rings. The predicted molar refractivity (Wildman–Crippen MR) is 109 cm³/mol. The zero-order chi connectivity index (χ0) is 19.8. The highest BCUT2D eigenvalue weighted by atomic mass is 79.9. The van der Waals surface area contributed by atoms with E-state index in [2.05, 4.69) is 56.7 Å². The molecule has 0 bridgehead atoms. The summed E-state index contributed by atoms with van der Waals surface area (Å²) >= 11 is 3.40. The maximum atomic E-state index is 10.2. The molecule has 3 heterocycles. The number of fused-ring (bicyclic) bond motifs is 2. The van der Waals surface area contributed by atoms with Gasteiger partial charge in [0.1, 0.15) is 0 Å². The van der Waals surface area contributed by atoms with E-state index in [-0.39, 0.29) is 23.0 Å². The topological polar surface area (TPSA) is 137 Å². The first kappa shape index (κ1) is 17.3. The summed E-state index contributed by atoms with van der Waals surface area (Å²) in [5.41, 5.74) is 2.25. The number of hydrogen-bond donors (Lipinski definition) is 3. The van der Waals surface area contributed by atoms with Gasteiger partial charge in [0.15, 0.2) is 11.5 Å². The number of nitrogens with zero attached hydrogens (tertiary/aromatic N) is 6. The van der Waals surface area contributed by atoms with Gasteiger partial charge < -0.3 is 15.4 Å². The van der Waals surface area contributed by atoms with Crippen molar-refractivity contribution in [1.29, 1.82) is 0 Å². The number of benzene rings is 2. The van der Waals surface area contributed by atoms with Gasteiger partial charge in [0, 0.05) is 15.5 Å². The summed E-state index contributed by atoms with van der Waals surface area (Å²) in [5, 5.41) is 29.8. The molecule has 0 amide bonds. The maximum Gasteiger partial charge on any atom is 0.245 e. The van der Waals surface area contributed by atoms with Crippen LogP contribution in [0.5, 0.6) is 5.88 Å². The van der Waals surface area contributed by atoms with Gasteiger partial charge in [0.05, 0.1) is 5.52 Å². The van der Waals surface area contributed by atoms with Gasteiger partial charge in [0.25, 0.3) is 0 Å². The molecular formula is C18H11BrN8O2. The largest absolute Gasteiger partial charge is 0.493 e. The Kier molecular flexibility index (Phi) is 4.13. The van der Waals surface area contributed by atoms with Crippen molar-refractivity contribution >= 4 is 61.1 Å². The van der Waals surface area contributed by atoms with Gasteiger partial charge in [-0.3, -0.25) is 0 Å². The molecular weight excluding hydrogens is 440 g/mol. The fourth-order valence-corrected chi connectivity index (χ4v) is 3.03. The molecule has 0 spiro atoms. The van der Waals surface area contributed by atoms with Crippen LogP contribution in [-0.4, -0.2) is 30.4 Å². The normalized spacial score (nSPS) is 11.6. The van der Waals surface area contributed by atoms with Crippen LogP contribution in [0.2, 0.25) is 0 Å². The summed E-state index contributed by atoms with van der Waals surface area (Å²) in [7, 11) is 0. The predicted octanol–water partition coefficient (Wildman–Crippen LogP) is 5.12. The van der Waals surface area contributed by atoms with Crippen LogP contribution < -0.4 is 5.32 Å². The molecule has 0 saturated carbocycles. The van der Waals surface area contributed by atoms with Crippen LogP contribution in [0.25, 0.3) is 22.2 Å². The van der Waals surface area contributed by atoms with E-state index < -0.39 is 0 Å². The summed E-state index contributed by atoms with van der Waals surface area (Å²) in [6.07, 6.45) is 0. The fraction of sp³-hybridized carbons (Fsp3) is 0. The number of nitrogens with one attached hydrogen (secondary N) is 2. The van der Waals surface area contributed by atoms with Crippen LogP contribution in [0.3, 0.4) is 0 Å². The quantitative estimate of drug-likeness (QED) is 0.323. The summed E-state index contributed by atoms with van der Waals surface area (Å²) < 4.78 is 5.64. The Labute approximate surface area is 170 Å². The van der Waals surface area contributed by atoms with E-state index in [0.29, 0.717) is 11.5 Å². The third-order valence-electron chi connectivity index (χ3n) is 4.11. The van der Waals surface area contributed by atoms with Gasteiger partial charge in [-0.15, -0.1) is 10.2 Å². The number of H-pyrrole nitrogens is 1. The van der Waals surface area contributed by atoms with Crippen molar-refractivity contribution in [1.82, 2.24) is 25.3 Å². The molecule has 29 heavy (non-hydrogen) atoms. The zero-order valence-electron chi connectivity index (χ0n) is 14.5. The number of anilines is 2. The Morgan fingerprint density at radius 2 is 1.72 bits per heavy atom. The summed E-state index contributed by atoms with van der Waals surface area (Å²) in [4.78, 5) is 11.5. The fourth-order valence-electron chi connectivity index (χ4n) is 2.76. The second kappa shape index (κ2) is 6.95. The van der Waals surface area contributed by atoms with E-state index >= 15 is 0 Å². The molecule has 3 aromatic heterocycles. The van der Waals surface area contributed by atoms with Crippen molar-refractivity contribution in [2.45, 2.75) is 0 Å². The molecule has 142 valence electrons. The Balaban J connectivity index is 1.58. The lowest BCUT2D eigenvalue weighted by Gasteiger charge is -2.06. The van der Waals surface area contributed by atoms with E-state index in [9.17, 15) is 5.11 Å². The Morgan fingerprint density at radius 3 is 2.55 bits per heavy atom. The minimum absolute atomic E-state index is 0.0884.